The second-order valence-corrected chi connectivity index (χ2v) is 5.87. The summed E-state index contributed by atoms with van der Waals surface area (Å²) in [5, 5.41) is 5.42. The van der Waals surface area contributed by atoms with Gasteiger partial charge in [0.05, 0.1) is 19.3 Å². The van der Waals surface area contributed by atoms with Crippen LogP contribution in [-0.2, 0) is 11.3 Å². The highest BCUT2D eigenvalue weighted by Gasteiger charge is 2.13. The maximum absolute atomic E-state index is 12.2. The molecule has 3 amide bonds. The topological polar surface area (TPSA) is 83.8 Å². The monoisotopic (exact) mass is 395 g/mol. The van der Waals surface area contributed by atoms with Crippen molar-refractivity contribution in [2.45, 2.75) is 13.5 Å². The van der Waals surface area contributed by atoms with Gasteiger partial charge in [0.1, 0.15) is 11.5 Å². The number of methoxy groups -OCH3 is 1. The Bertz CT molecular complexity index is 745. The Balaban J connectivity index is 2.03. The van der Waals surface area contributed by atoms with E-state index in [9.17, 15) is 9.59 Å². The van der Waals surface area contributed by atoms with Crippen molar-refractivity contribution in [1.29, 1.82) is 0 Å². The number of halogens is 1. The van der Waals surface area contributed by atoms with Gasteiger partial charge in [-0.15, -0.1) is 0 Å². The molecule has 1 aromatic heterocycles. The minimum Gasteiger partial charge on any atom is -0.494 e. The van der Waals surface area contributed by atoms with Crippen LogP contribution < -0.4 is 15.4 Å². The van der Waals surface area contributed by atoms with Crippen LogP contribution in [0.3, 0.4) is 0 Å². The lowest BCUT2D eigenvalue weighted by atomic mass is 10.2. The number of hydrogen-bond donors (Lipinski definition) is 2. The SMILES string of the molecule is COc1cc(NC(=O)N(C)Cc2ccc(Br)o2)ccc1NC(C)=O. The predicted molar refractivity (Wildman–Crippen MR) is 94.2 cm³/mol. The van der Waals surface area contributed by atoms with Crippen molar-refractivity contribution < 1.29 is 18.7 Å². The van der Waals surface area contributed by atoms with E-state index >= 15 is 0 Å². The van der Waals surface area contributed by atoms with E-state index in [-0.39, 0.29) is 11.9 Å². The van der Waals surface area contributed by atoms with Crippen LogP contribution in [0, 0.1) is 0 Å². The van der Waals surface area contributed by atoms with Crippen molar-refractivity contribution in [1.82, 2.24) is 4.90 Å². The molecule has 0 radical (unpaired) electrons. The molecule has 2 rings (SSSR count). The van der Waals surface area contributed by atoms with Gasteiger partial charge in [-0.25, -0.2) is 4.79 Å². The zero-order valence-corrected chi connectivity index (χ0v) is 15.1. The van der Waals surface area contributed by atoms with E-state index < -0.39 is 0 Å². The van der Waals surface area contributed by atoms with Gasteiger partial charge in [0.15, 0.2) is 4.67 Å². The van der Waals surface area contributed by atoms with E-state index in [0.717, 1.165) is 0 Å². The van der Waals surface area contributed by atoms with Gasteiger partial charge in [0.25, 0.3) is 0 Å². The first-order chi connectivity index (χ1) is 11.4. The van der Waals surface area contributed by atoms with Crippen LogP contribution >= 0.6 is 15.9 Å². The Morgan fingerprint density at radius 3 is 2.58 bits per heavy atom. The van der Waals surface area contributed by atoms with E-state index in [1.54, 1.807) is 37.4 Å². The van der Waals surface area contributed by atoms with E-state index in [1.165, 1.54) is 18.9 Å². The molecule has 2 N–H and O–H groups in total. The summed E-state index contributed by atoms with van der Waals surface area (Å²) < 4.78 is 11.2. The molecule has 0 aliphatic carbocycles. The van der Waals surface area contributed by atoms with Gasteiger partial charge in [-0.3, -0.25) is 4.79 Å². The van der Waals surface area contributed by atoms with Crippen LogP contribution in [0.5, 0.6) is 5.75 Å². The largest absolute Gasteiger partial charge is 0.494 e. The molecule has 0 aliphatic rings. The third kappa shape index (κ3) is 4.76. The van der Waals surface area contributed by atoms with Gasteiger partial charge in [-0.1, -0.05) is 0 Å². The normalized spacial score (nSPS) is 10.2. The van der Waals surface area contributed by atoms with E-state index in [1.807, 2.05) is 0 Å². The molecule has 0 unspecified atom stereocenters. The molecule has 24 heavy (non-hydrogen) atoms. The van der Waals surface area contributed by atoms with E-state index in [4.69, 9.17) is 9.15 Å². The van der Waals surface area contributed by atoms with Gasteiger partial charge in [-0.05, 0) is 40.2 Å². The number of amides is 3. The Morgan fingerprint density at radius 1 is 1.25 bits per heavy atom. The fraction of sp³-hybridized carbons (Fsp3) is 0.250. The summed E-state index contributed by atoms with van der Waals surface area (Å²) >= 11 is 3.22. The summed E-state index contributed by atoms with van der Waals surface area (Å²) in [5.74, 6) is 0.924. The highest BCUT2D eigenvalue weighted by molar-refractivity contribution is 9.10. The van der Waals surface area contributed by atoms with Crippen LogP contribution in [-0.4, -0.2) is 31.0 Å². The Kier molecular flexibility index (Phi) is 5.86. The minimum absolute atomic E-state index is 0.200. The molecule has 0 fully saturated rings. The van der Waals surface area contributed by atoms with Gasteiger partial charge in [0.2, 0.25) is 5.91 Å². The maximum atomic E-state index is 12.2. The minimum atomic E-state index is -0.295. The molecule has 0 spiro atoms. The third-order valence-corrected chi connectivity index (χ3v) is 3.56. The number of carbonyl (C=O) groups is 2. The molecule has 0 atom stereocenters. The third-order valence-electron chi connectivity index (χ3n) is 3.13. The Morgan fingerprint density at radius 2 is 2.00 bits per heavy atom. The van der Waals surface area contributed by atoms with Crippen molar-refractivity contribution in [3.05, 3.63) is 40.8 Å². The number of benzene rings is 1. The standard InChI is InChI=1S/C16H18BrN3O4/c1-10(21)18-13-6-4-11(8-14(13)23-3)19-16(22)20(2)9-12-5-7-15(17)24-12/h4-8H,9H2,1-3H3,(H,18,21)(H,19,22). The number of anilines is 2. The average Bonchev–Trinajstić information content (AvgIpc) is 2.93. The number of nitrogens with one attached hydrogen (secondary N) is 2. The number of hydrogen-bond acceptors (Lipinski definition) is 4. The molecule has 0 saturated heterocycles. The van der Waals surface area contributed by atoms with Crippen LogP contribution in [0.2, 0.25) is 0 Å². The second-order valence-electron chi connectivity index (χ2n) is 5.09. The van der Waals surface area contributed by atoms with Crippen molar-refractivity contribution >= 4 is 39.2 Å². The highest BCUT2D eigenvalue weighted by atomic mass is 79.9. The molecule has 8 heteroatoms. The summed E-state index contributed by atoms with van der Waals surface area (Å²) in [4.78, 5) is 24.9. The number of furan rings is 1. The lowest BCUT2D eigenvalue weighted by Gasteiger charge is -2.17. The zero-order valence-electron chi connectivity index (χ0n) is 13.6. The fourth-order valence-corrected chi connectivity index (χ4v) is 2.36. The first-order valence-corrected chi connectivity index (χ1v) is 7.90. The molecule has 0 aliphatic heterocycles. The molecule has 1 aromatic carbocycles. The van der Waals surface area contributed by atoms with Crippen molar-refractivity contribution in [3.63, 3.8) is 0 Å². The molecular weight excluding hydrogens is 378 g/mol. The van der Waals surface area contributed by atoms with Gasteiger partial charge in [-0.2, -0.15) is 0 Å². The van der Waals surface area contributed by atoms with Gasteiger partial charge in [0, 0.05) is 25.7 Å². The van der Waals surface area contributed by atoms with Crippen LogP contribution in [0.1, 0.15) is 12.7 Å². The summed E-state index contributed by atoms with van der Waals surface area (Å²) in [6.45, 7) is 1.75. The van der Waals surface area contributed by atoms with Gasteiger partial charge < -0.3 is 24.7 Å². The highest BCUT2D eigenvalue weighted by Crippen LogP contribution is 2.28. The van der Waals surface area contributed by atoms with Gasteiger partial charge >= 0.3 is 6.03 Å². The first kappa shape index (κ1) is 17.9. The van der Waals surface area contributed by atoms with Crippen LogP contribution in [0.25, 0.3) is 0 Å². The van der Waals surface area contributed by atoms with Crippen molar-refractivity contribution in [3.8, 4) is 5.75 Å². The zero-order chi connectivity index (χ0) is 17.7. The second kappa shape index (κ2) is 7.87. The maximum Gasteiger partial charge on any atom is 0.321 e. The quantitative estimate of drug-likeness (QED) is 0.808. The molecule has 7 nitrogen and oxygen atoms in total. The molecule has 0 bridgehead atoms. The van der Waals surface area contributed by atoms with Crippen LogP contribution in [0.15, 0.2) is 39.4 Å². The average molecular weight is 396 g/mol. The summed E-state index contributed by atoms with van der Waals surface area (Å²) in [5.41, 5.74) is 1.09. The molecule has 0 saturated carbocycles. The summed E-state index contributed by atoms with van der Waals surface area (Å²) in [7, 11) is 3.15. The Hall–Kier alpha value is -2.48. The molecule has 2 aromatic rings. The van der Waals surface area contributed by atoms with Crippen molar-refractivity contribution in [2.75, 3.05) is 24.8 Å². The number of rotatable bonds is 5. The smallest absolute Gasteiger partial charge is 0.321 e. The number of carbonyl (C=O) groups excluding carboxylic acids is 2. The predicted octanol–water partition coefficient (Wildman–Crippen LogP) is 3.67. The lowest BCUT2D eigenvalue weighted by Crippen LogP contribution is -2.30. The number of ether oxygens (including phenoxy) is 1. The van der Waals surface area contributed by atoms with E-state index in [0.29, 0.717) is 34.1 Å². The fourth-order valence-electron chi connectivity index (χ4n) is 2.02. The summed E-state index contributed by atoms with van der Waals surface area (Å²) in [6, 6.07) is 8.26. The molecule has 128 valence electrons. The molecular formula is C16H18BrN3O4. The van der Waals surface area contributed by atoms with Crippen molar-refractivity contribution in [2.24, 2.45) is 0 Å². The molecule has 1 heterocycles. The number of urea groups is 1. The summed E-state index contributed by atoms with van der Waals surface area (Å²) in [6.07, 6.45) is 0. The van der Waals surface area contributed by atoms with E-state index in [2.05, 4.69) is 26.6 Å². The van der Waals surface area contributed by atoms with Crippen LogP contribution in [0.4, 0.5) is 16.2 Å². The number of nitrogens with zero attached hydrogens (tertiary/aromatic N) is 1. The Labute approximate surface area is 148 Å². The first-order valence-electron chi connectivity index (χ1n) is 7.11. The lowest BCUT2D eigenvalue weighted by molar-refractivity contribution is -0.114.